The average Bonchev–Trinajstić information content (AvgIpc) is 2.88. The first kappa shape index (κ1) is 13.8. The molecule has 0 radical (unpaired) electrons. The number of ether oxygens (including phenoxy) is 1. The SMILES string of the molecule is O=C1Cn2c(nc(C(=O)O)c(OCc3ccccc3)c2=O)N1. The van der Waals surface area contributed by atoms with Crippen LogP contribution in [-0.4, -0.2) is 26.5 Å². The van der Waals surface area contributed by atoms with Gasteiger partial charge >= 0.3 is 5.97 Å². The third-order valence-corrected chi connectivity index (χ3v) is 3.11. The summed E-state index contributed by atoms with van der Waals surface area (Å²) < 4.78 is 6.41. The van der Waals surface area contributed by atoms with Gasteiger partial charge in [-0.05, 0) is 5.56 Å². The predicted octanol–water partition coefficient (Wildman–Crippen LogP) is 0.473. The fraction of sp³-hybridized carbons (Fsp3) is 0.143. The van der Waals surface area contributed by atoms with E-state index in [4.69, 9.17) is 4.74 Å². The topological polar surface area (TPSA) is 111 Å². The molecule has 22 heavy (non-hydrogen) atoms. The van der Waals surface area contributed by atoms with E-state index in [9.17, 15) is 19.5 Å². The molecule has 0 bridgehead atoms. The standard InChI is InChI=1S/C14H11N3O5/c18-9-6-17-12(19)11(10(13(20)21)16-14(17)15-9)22-7-8-4-2-1-3-5-8/h1-5H,6-7H2,(H,20,21)(H,15,16,18). The average molecular weight is 301 g/mol. The number of carboxylic acid groups (broad SMARTS) is 1. The monoisotopic (exact) mass is 301 g/mol. The molecule has 8 heteroatoms. The van der Waals surface area contributed by atoms with Crippen molar-refractivity contribution in [2.24, 2.45) is 0 Å². The van der Waals surface area contributed by atoms with Crippen molar-refractivity contribution >= 4 is 17.8 Å². The fourth-order valence-electron chi connectivity index (χ4n) is 2.09. The number of hydrogen-bond acceptors (Lipinski definition) is 5. The van der Waals surface area contributed by atoms with E-state index in [0.717, 1.165) is 10.1 Å². The van der Waals surface area contributed by atoms with Crippen LogP contribution in [0, 0.1) is 0 Å². The largest absolute Gasteiger partial charge is 0.481 e. The van der Waals surface area contributed by atoms with Crippen molar-refractivity contribution in [1.29, 1.82) is 0 Å². The zero-order chi connectivity index (χ0) is 15.7. The Hall–Kier alpha value is -3.16. The van der Waals surface area contributed by atoms with Gasteiger partial charge in [0.25, 0.3) is 5.56 Å². The lowest BCUT2D eigenvalue weighted by atomic mass is 10.2. The summed E-state index contributed by atoms with van der Waals surface area (Å²) in [6.07, 6.45) is 0. The number of rotatable bonds is 4. The molecule has 1 aliphatic heterocycles. The summed E-state index contributed by atoms with van der Waals surface area (Å²) in [5, 5.41) is 11.5. The summed E-state index contributed by atoms with van der Waals surface area (Å²) in [7, 11) is 0. The van der Waals surface area contributed by atoms with Crippen LogP contribution in [0.5, 0.6) is 5.75 Å². The zero-order valence-corrected chi connectivity index (χ0v) is 11.3. The number of amides is 1. The summed E-state index contributed by atoms with van der Waals surface area (Å²) in [6.45, 7) is -0.179. The second-order valence-corrected chi connectivity index (χ2v) is 4.63. The van der Waals surface area contributed by atoms with Crippen LogP contribution >= 0.6 is 0 Å². The highest BCUT2D eigenvalue weighted by molar-refractivity contribution is 5.94. The smallest absolute Gasteiger partial charge is 0.358 e. The molecule has 0 unspecified atom stereocenters. The van der Waals surface area contributed by atoms with Crippen LogP contribution in [0.1, 0.15) is 16.1 Å². The zero-order valence-electron chi connectivity index (χ0n) is 11.3. The van der Waals surface area contributed by atoms with E-state index in [0.29, 0.717) is 0 Å². The molecule has 2 aromatic rings. The predicted molar refractivity (Wildman–Crippen MR) is 74.9 cm³/mol. The van der Waals surface area contributed by atoms with E-state index < -0.39 is 23.1 Å². The van der Waals surface area contributed by atoms with Gasteiger partial charge < -0.3 is 9.84 Å². The second-order valence-electron chi connectivity index (χ2n) is 4.63. The quantitative estimate of drug-likeness (QED) is 0.849. The number of nitrogens with zero attached hydrogens (tertiary/aromatic N) is 2. The number of aromatic carboxylic acids is 1. The Bertz CT molecular complexity index is 813. The molecule has 8 nitrogen and oxygen atoms in total. The Balaban J connectivity index is 1.99. The lowest BCUT2D eigenvalue weighted by Crippen LogP contribution is -2.25. The molecule has 2 N–H and O–H groups in total. The van der Waals surface area contributed by atoms with Gasteiger partial charge in [-0.1, -0.05) is 30.3 Å². The highest BCUT2D eigenvalue weighted by atomic mass is 16.5. The normalized spacial score (nSPS) is 12.6. The van der Waals surface area contributed by atoms with Gasteiger partial charge in [0.15, 0.2) is 5.69 Å². The van der Waals surface area contributed by atoms with E-state index >= 15 is 0 Å². The van der Waals surface area contributed by atoms with E-state index in [1.807, 2.05) is 6.07 Å². The van der Waals surface area contributed by atoms with Crippen molar-refractivity contribution in [2.75, 3.05) is 5.32 Å². The van der Waals surface area contributed by atoms with Crippen molar-refractivity contribution in [1.82, 2.24) is 9.55 Å². The van der Waals surface area contributed by atoms with Crippen molar-refractivity contribution in [3.05, 3.63) is 51.9 Å². The van der Waals surface area contributed by atoms with Crippen LogP contribution in [0.25, 0.3) is 0 Å². The number of fused-ring (bicyclic) bond motifs is 1. The van der Waals surface area contributed by atoms with Crippen LogP contribution in [0.4, 0.5) is 5.95 Å². The van der Waals surface area contributed by atoms with Gasteiger partial charge in [-0.3, -0.25) is 19.5 Å². The number of carboxylic acids is 1. The first-order valence-electron chi connectivity index (χ1n) is 6.41. The van der Waals surface area contributed by atoms with E-state index in [-0.39, 0.29) is 24.8 Å². The molecular weight excluding hydrogens is 290 g/mol. The molecule has 1 aliphatic rings. The molecule has 0 saturated carbocycles. The van der Waals surface area contributed by atoms with E-state index in [2.05, 4.69) is 10.3 Å². The minimum atomic E-state index is -1.40. The second kappa shape index (κ2) is 5.32. The van der Waals surface area contributed by atoms with Crippen LogP contribution < -0.4 is 15.6 Å². The maximum absolute atomic E-state index is 12.3. The molecule has 0 saturated heterocycles. The van der Waals surface area contributed by atoms with Crippen LogP contribution in [0.3, 0.4) is 0 Å². The van der Waals surface area contributed by atoms with Gasteiger partial charge in [0.2, 0.25) is 17.6 Å². The van der Waals surface area contributed by atoms with Crippen LogP contribution in [0.2, 0.25) is 0 Å². The fourth-order valence-corrected chi connectivity index (χ4v) is 2.09. The molecule has 1 aromatic carbocycles. The molecule has 0 atom stereocenters. The molecule has 112 valence electrons. The number of anilines is 1. The van der Waals surface area contributed by atoms with Gasteiger partial charge in [-0.15, -0.1) is 0 Å². The van der Waals surface area contributed by atoms with Crippen molar-refractivity contribution in [2.45, 2.75) is 13.2 Å². The van der Waals surface area contributed by atoms with Crippen LogP contribution in [-0.2, 0) is 17.9 Å². The number of carbonyl (C=O) groups excluding carboxylic acids is 1. The number of carbonyl (C=O) groups is 2. The van der Waals surface area contributed by atoms with Gasteiger partial charge in [-0.2, -0.15) is 0 Å². The molecular formula is C14H11N3O5. The van der Waals surface area contributed by atoms with Gasteiger partial charge in [0.1, 0.15) is 13.2 Å². The highest BCUT2D eigenvalue weighted by Gasteiger charge is 2.28. The lowest BCUT2D eigenvalue weighted by molar-refractivity contribution is -0.115. The molecule has 2 heterocycles. The summed E-state index contributed by atoms with van der Waals surface area (Å²) in [5.41, 5.74) is -0.441. The minimum Gasteiger partial charge on any atom is -0.481 e. The Morgan fingerprint density at radius 2 is 2.05 bits per heavy atom. The summed E-state index contributed by atoms with van der Waals surface area (Å²) in [4.78, 5) is 38.7. The molecule has 1 amide bonds. The first-order chi connectivity index (χ1) is 10.6. The summed E-state index contributed by atoms with van der Waals surface area (Å²) in [6, 6.07) is 8.99. The molecule has 3 rings (SSSR count). The third kappa shape index (κ3) is 2.41. The van der Waals surface area contributed by atoms with Gasteiger partial charge in [0.05, 0.1) is 0 Å². The number of benzene rings is 1. The van der Waals surface area contributed by atoms with Gasteiger partial charge in [0, 0.05) is 0 Å². The molecule has 0 fully saturated rings. The number of nitrogens with one attached hydrogen (secondary N) is 1. The summed E-state index contributed by atoms with van der Waals surface area (Å²) in [5.74, 6) is -2.29. The van der Waals surface area contributed by atoms with E-state index in [1.165, 1.54) is 0 Å². The lowest BCUT2D eigenvalue weighted by Gasteiger charge is -2.10. The van der Waals surface area contributed by atoms with E-state index in [1.54, 1.807) is 24.3 Å². The first-order valence-corrected chi connectivity index (χ1v) is 6.41. The maximum atomic E-state index is 12.3. The third-order valence-electron chi connectivity index (χ3n) is 3.11. The Morgan fingerprint density at radius 1 is 1.32 bits per heavy atom. The molecule has 0 spiro atoms. The molecule has 1 aromatic heterocycles. The van der Waals surface area contributed by atoms with Crippen LogP contribution in [0.15, 0.2) is 35.1 Å². The minimum absolute atomic E-state index is 0.0265. The highest BCUT2D eigenvalue weighted by Crippen LogP contribution is 2.18. The van der Waals surface area contributed by atoms with Crippen molar-refractivity contribution in [3.63, 3.8) is 0 Å². The Labute approximate surface area is 124 Å². The van der Waals surface area contributed by atoms with Crippen molar-refractivity contribution in [3.8, 4) is 5.75 Å². The Morgan fingerprint density at radius 3 is 2.73 bits per heavy atom. The Kier molecular flexibility index (Phi) is 3.34. The van der Waals surface area contributed by atoms with Crippen molar-refractivity contribution < 1.29 is 19.4 Å². The summed E-state index contributed by atoms with van der Waals surface area (Å²) >= 11 is 0. The number of aromatic nitrogens is 2. The number of hydrogen-bond donors (Lipinski definition) is 2. The maximum Gasteiger partial charge on any atom is 0.358 e. The molecule has 0 aliphatic carbocycles. The van der Waals surface area contributed by atoms with Gasteiger partial charge in [-0.25, -0.2) is 9.78 Å².